The van der Waals surface area contributed by atoms with Gasteiger partial charge in [0.1, 0.15) is 5.60 Å². The molecule has 0 aromatic heterocycles. The van der Waals surface area contributed by atoms with E-state index in [4.69, 9.17) is 5.73 Å². The third kappa shape index (κ3) is 3.37. The van der Waals surface area contributed by atoms with Gasteiger partial charge in [-0.25, -0.2) is 4.79 Å². The van der Waals surface area contributed by atoms with Crippen LogP contribution in [0.5, 0.6) is 0 Å². The Labute approximate surface area is 86.8 Å². The van der Waals surface area contributed by atoms with Gasteiger partial charge in [0.05, 0.1) is 0 Å². The maximum atomic E-state index is 12.5. The van der Waals surface area contributed by atoms with E-state index in [0.29, 0.717) is 0 Å². The lowest BCUT2D eigenvalue weighted by atomic mass is 9.96. The molecule has 0 fully saturated rings. The summed E-state index contributed by atoms with van der Waals surface area (Å²) in [7, 11) is 0. The number of carbonyl (C=O) groups excluding carboxylic acids is 1. The maximum absolute atomic E-state index is 12.5. The molecular weight excluding hydrogens is 211 g/mol. The van der Waals surface area contributed by atoms with Crippen molar-refractivity contribution in [2.75, 3.05) is 0 Å². The van der Waals surface area contributed by atoms with Crippen LogP contribution in [-0.2, 0) is 9.53 Å². The zero-order valence-electron chi connectivity index (χ0n) is 9.23. The average Bonchev–Trinajstić information content (AvgIpc) is 1.97. The monoisotopic (exact) mass is 227 g/mol. The number of halogens is 3. The van der Waals surface area contributed by atoms with Gasteiger partial charge in [-0.1, -0.05) is 6.92 Å². The molecule has 1 atom stereocenters. The highest BCUT2D eigenvalue weighted by atomic mass is 19.4. The molecule has 0 saturated carbocycles. The minimum atomic E-state index is -4.80. The molecule has 0 heterocycles. The van der Waals surface area contributed by atoms with Crippen molar-refractivity contribution in [1.82, 2.24) is 0 Å². The summed E-state index contributed by atoms with van der Waals surface area (Å²) in [5.41, 5.74) is 1.13. The van der Waals surface area contributed by atoms with Crippen molar-refractivity contribution in [3.05, 3.63) is 0 Å². The molecule has 0 aromatic rings. The number of ether oxygens (including phenoxy) is 1. The highest BCUT2D eigenvalue weighted by molar-refractivity contribution is 5.82. The van der Waals surface area contributed by atoms with Gasteiger partial charge in [-0.05, 0) is 27.2 Å². The van der Waals surface area contributed by atoms with Gasteiger partial charge < -0.3 is 10.5 Å². The van der Waals surface area contributed by atoms with E-state index in [0.717, 1.165) is 0 Å². The van der Waals surface area contributed by atoms with E-state index >= 15 is 0 Å². The lowest BCUT2D eigenvalue weighted by Crippen LogP contribution is -2.60. The highest BCUT2D eigenvalue weighted by Crippen LogP contribution is 2.33. The summed E-state index contributed by atoms with van der Waals surface area (Å²) in [5.74, 6) is -1.44. The van der Waals surface area contributed by atoms with E-state index in [-0.39, 0.29) is 0 Å². The Hall–Kier alpha value is -0.780. The normalized spacial score (nSPS) is 17.1. The van der Waals surface area contributed by atoms with Gasteiger partial charge in [0.25, 0.3) is 0 Å². The van der Waals surface area contributed by atoms with Gasteiger partial charge >= 0.3 is 12.1 Å². The molecule has 0 aliphatic rings. The summed E-state index contributed by atoms with van der Waals surface area (Å²) in [5, 5.41) is 0. The van der Waals surface area contributed by atoms with Gasteiger partial charge in [0, 0.05) is 0 Å². The van der Waals surface area contributed by atoms with Crippen LogP contribution in [0.3, 0.4) is 0 Å². The fourth-order valence-corrected chi connectivity index (χ4v) is 0.830. The molecule has 0 amide bonds. The smallest absolute Gasteiger partial charge is 0.417 e. The van der Waals surface area contributed by atoms with Crippen LogP contribution in [0.4, 0.5) is 13.2 Å². The summed E-state index contributed by atoms with van der Waals surface area (Å²) in [4.78, 5) is 11.3. The molecule has 0 bridgehead atoms. The second kappa shape index (κ2) is 4.00. The topological polar surface area (TPSA) is 52.3 Å². The summed E-state index contributed by atoms with van der Waals surface area (Å²) >= 11 is 0. The Morgan fingerprint density at radius 3 is 1.87 bits per heavy atom. The molecule has 6 heteroatoms. The molecule has 1 unspecified atom stereocenters. The number of rotatable bonds is 2. The van der Waals surface area contributed by atoms with Crippen molar-refractivity contribution >= 4 is 5.97 Å². The second-order valence-corrected chi connectivity index (χ2v) is 4.32. The Kier molecular flexibility index (Phi) is 3.79. The van der Waals surface area contributed by atoms with E-state index in [2.05, 4.69) is 4.74 Å². The zero-order chi connectivity index (χ0) is 12.5. The van der Waals surface area contributed by atoms with E-state index in [1.54, 1.807) is 0 Å². The van der Waals surface area contributed by atoms with Gasteiger partial charge in [-0.3, -0.25) is 0 Å². The quantitative estimate of drug-likeness (QED) is 0.734. The van der Waals surface area contributed by atoms with E-state index in [1.165, 1.54) is 27.7 Å². The predicted octanol–water partition coefficient (Wildman–Crippen LogP) is 2.00. The maximum Gasteiger partial charge on any atom is 0.417 e. The van der Waals surface area contributed by atoms with Crippen LogP contribution >= 0.6 is 0 Å². The molecule has 0 aliphatic heterocycles. The summed E-state index contributed by atoms with van der Waals surface area (Å²) in [6.07, 6.45) is -5.35. The van der Waals surface area contributed by atoms with Crippen LogP contribution in [-0.4, -0.2) is 23.3 Å². The third-order valence-corrected chi connectivity index (χ3v) is 1.83. The van der Waals surface area contributed by atoms with Crippen molar-refractivity contribution in [2.24, 2.45) is 5.73 Å². The van der Waals surface area contributed by atoms with Crippen LogP contribution in [0, 0.1) is 0 Å². The predicted molar refractivity (Wildman–Crippen MR) is 49.1 cm³/mol. The van der Waals surface area contributed by atoms with Crippen molar-refractivity contribution in [3.8, 4) is 0 Å². The number of hydrogen-bond acceptors (Lipinski definition) is 3. The second-order valence-electron chi connectivity index (χ2n) is 4.32. The van der Waals surface area contributed by atoms with Crippen molar-refractivity contribution in [1.29, 1.82) is 0 Å². The first-order valence-corrected chi connectivity index (χ1v) is 4.53. The molecule has 90 valence electrons. The summed E-state index contributed by atoms with van der Waals surface area (Å²) in [6.45, 7) is 5.64. The molecular formula is C9H16F3NO2. The lowest BCUT2D eigenvalue weighted by Gasteiger charge is -2.31. The summed E-state index contributed by atoms with van der Waals surface area (Å²) in [6, 6.07) is 0. The molecule has 2 N–H and O–H groups in total. The first-order chi connectivity index (χ1) is 6.44. The van der Waals surface area contributed by atoms with Gasteiger partial charge in [-0.15, -0.1) is 0 Å². The first-order valence-electron chi connectivity index (χ1n) is 4.53. The van der Waals surface area contributed by atoms with Crippen LogP contribution in [0.25, 0.3) is 0 Å². The van der Waals surface area contributed by atoms with E-state index in [9.17, 15) is 18.0 Å². The van der Waals surface area contributed by atoms with Crippen LogP contribution < -0.4 is 5.73 Å². The third-order valence-electron chi connectivity index (χ3n) is 1.83. The molecule has 0 rings (SSSR count). The fourth-order valence-electron chi connectivity index (χ4n) is 0.830. The zero-order valence-corrected chi connectivity index (χ0v) is 9.23. The highest BCUT2D eigenvalue weighted by Gasteiger charge is 2.58. The Balaban J connectivity index is 4.92. The van der Waals surface area contributed by atoms with Gasteiger partial charge in [-0.2, -0.15) is 13.2 Å². The summed E-state index contributed by atoms with van der Waals surface area (Å²) < 4.78 is 42.1. The minimum absolute atomic E-state index is 0.550. The molecule has 0 aromatic carbocycles. The van der Waals surface area contributed by atoms with Gasteiger partial charge in [0.15, 0.2) is 0 Å². The van der Waals surface area contributed by atoms with Crippen LogP contribution in [0.2, 0.25) is 0 Å². The SMILES string of the molecule is CCC(N)(C(=O)OC(C)(C)C)C(F)(F)F. The number of esters is 1. The number of hydrogen-bond donors (Lipinski definition) is 1. The molecule has 0 radical (unpaired) electrons. The van der Waals surface area contributed by atoms with Crippen LogP contribution in [0.15, 0.2) is 0 Å². The number of alkyl halides is 3. The molecule has 15 heavy (non-hydrogen) atoms. The van der Waals surface area contributed by atoms with E-state index in [1.807, 2.05) is 0 Å². The van der Waals surface area contributed by atoms with Crippen molar-refractivity contribution in [2.45, 2.75) is 51.4 Å². The van der Waals surface area contributed by atoms with Crippen molar-refractivity contribution < 1.29 is 22.7 Å². The number of carbonyl (C=O) groups is 1. The molecule has 0 saturated heterocycles. The Morgan fingerprint density at radius 1 is 1.27 bits per heavy atom. The molecule has 0 aliphatic carbocycles. The number of nitrogens with two attached hydrogens (primary N) is 1. The Morgan fingerprint density at radius 2 is 1.67 bits per heavy atom. The fraction of sp³-hybridized carbons (Fsp3) is 0.889. The Bertz CT molecular complexity index is 245. The lowest BCUT2D eigenvalue weighted by molar-refractivity contribution is -0.212. The standard InChI is InChI=1S/C9H16F3NO2/c1-5-8(13,9(10,11)12)6(14)15-7(2,3)4/h5,13H2,1-4H3. The van der Waals surface area contributed by atoms with Crippen molar-refractivity contribution in [3.63, 3.8) is 0 Å². The van der Waals surface area contributed by atoms with Crippen LogP contribution in [0.1, 0.15) is 34.1 Å². The van der Waals surface area contributed by atoms with Gasteiger partial charge in [0.2, 0.25) is 5.54 Å². The first kappa shape index (κ1) is 14.2. The largest absolute Gasteiger partial charge is 0.458 e. The average molecular weight is 227 g/mol. The minimum Gasteiger partial charge on any atom is -0.458 e. The van der Waals surface area contributed by atoms with E-state index < -0.39 is 29.7 Å². The molecule has 3 nitrogen and oxygen atoms in total. The molecule has 0 spiro atoms.